The number of imidazole rings is 1. The van der Waals surface area contributed by atoms with E-state index < -0.39 is 11.6 Å². The summed E-state index contributed by atoms with van der Waals surface area (Å²) in [7, 11) is 0. The van der Waals surface area contributed by atoms with Crippen LogP contribution in [0.15, 0.2) is 29.8 Å². The lowest BCUT2D eigenvalue weighted by molar-refractivity contribution is 0.445. The van der Waals surface area contributed by atoms with Crippen LogP contribution in [-0.4, -0.2) is 9.38 Å². The summed E-state index contributed by atoms with van der Waals surface area (Å²) >= 11 is 1.44. The van der Waals surface area contributed by atoms with Gasteiger partial charge in [-0.1, -0.05) is 0 Å². The number of nitrogens with two attached hydrogens (primary N) is 1. The summed E-state index contributed by atoms with van der Waals surface area (Å²) in [5.41, 5.74) is 6.34. The minimum absolute atomic E-state index is 0.180. The van der Waals surface area contributed by atoms with E-state index in [-0.39, 0.29) is 12.3 Å². The van der Waals surface area contributed by atoms with Crippen LogP contribution >= 0.6 is 11.3 Å². The van der Waals surface area contributed by atoms with Gasteiger partial charge in [0, 0.05) is 24.2 Å². The van der Waals surface area contributed by atoms with Gasteiger partial charge in [0.1, 0.15) is 11.4 Å². The van der Waals surface area contributed by atoms with Crippen molar-refractivity contribution in [2.45, 2.75) is 6.54 Å². The van der Waals surface area contributed by atoms with Gasteiger partial charge in [-0.2, -0.15) is 4.98 Å². The highest BCUT2D eigenvalue weighted by Gasteiger charge is 2.14. The van der Waals surface area contributed by atoms with Crippen LogP contribution in [0.2, 0.25) is 0 Å². The molecule has 0 spiro atoms. The molecular formula is C12H9F2N3OS. The van der Waals surface area contributed by atoms with Crippen LogP contribution in [0, 0.1) is 11.6 Å². The minimum Gasteiger partial charge on any atom is -0.437 e. The first-order valence-corrected chi connectivity index (χ1v) is 6.34. The first-order chi connectivity index (χ1) is 9.19. The zero-order valence-corrected chi connectivity index (χ0v) is 10.5. The SMILES string of the molecule is NCc1c(Oc2ccc(F)c(F)c2)nc2sccn12. The molecule has 98 valence electrons. The highest BCUT2D eigenvalue weighted by Crippen LogP contribution is 2.28. The van der Waals surface area contributed by atoms with E-state index in [1.165, 1.54) is 17.4 Å². The Balaban J connectivity index is 2.00. The summed E-state index contributed by atoms with van der Waals surface area (Å²) in [5, 5.41) is 1.88. The quantitative estimate of drug-likeness (QED) is 0.803. The van der Waals surface area contributed by atoms with Gasteiger partial charge >= 0.3 is 0 Å². The molecule has 4 nitrogen and oxygen atoms in total. The van der Waals surface area contributed by atoms with Gasteiger partial charge in [0.15, 0.2) is 16.6 Å². The van der Waals surface area contributed by atoms with Gasteiger partial charge < -0.3 is 10.5 Å². The molecule has 2 aromatic heterocycles. The zero-order valence-electron chi connectivity index (χ0n) is 9.64. The van der Waals surface area contributed by atoms with Crippen molar-refractivity contribution in [1.82, 2.24) is 9.38 Å². The molecule has 0 bridgehead atoms. The number of hydrogen-bond acceptors (Lipinski definition) is 4. The van der Waals surface area contributed by atoms with Crippen LogP contribution < -0.4 is 10.5 Å². The van der Waals surface area contributed by atoms with Gasteiger partial charge in [-0.15, -0.1) is 11.3 Å². The van der Waals surface area contributed by atoms with E-state index in [4.69, 9.17) is 10.5 Å². The van der Waals surface area contributed by atoms with Gasteiger partial charge in [-0.05, 0) is 12.1 Å². The maximum atomic E-state index is 13.1. The fourth-order valence-corrected chi connectivity index (χ4v) is 2.46. The van der Waals surface area contributed by atoms with Crippen LogP contribution in [-0.2, 0) is 6.54 Å². The normalized spacial score (nSPS) is 11.1. The Morgan fingerprint density at radius 1 is 1.32 bits per heavy atom. The number of thiazole rings is 1. The fraction of sp³-hybridized carbons (Fsp3) is 0.0833. The van der Waals surface area contributed by atoms with Crippen LogP contribution in [0.1, 0.15) is 5.69 Å². The Hall–Kier alpha value is -1.99. The molecule has 0 aliphatic rings. The molecule has 1 aromatic carbocycles. The predicted molar refractivity (Wildman–Crippen MR) is 67.4 cm³/mol. The number of benzene rings is 1. The lowest BCUT2D eigenvalue weighted by Gasteiger charge is -2.05. The molecule has 2 N–H and O–H groups in total. The Bertz CT molecular complexity index is 738. The molecular weight excluding hydrogens is 272 g/mol. The van der Waals surface area contributed by atoms with E-state index in [0.717, 1.165) is 17.1 Å². The molecule has 3 aromatic rings. The summed E-state index contributed by atoms with van der Waals surface area (Å²) in [6.07, 6.45) is 1.83. The number of nitrogens with zero attached hydrogens (tertiary/aromatic N) is 2. The summed E-state index contributed by atoms with van der Waals surface area (Å²) in [6, 6.07) is 3.32. The first kappa shape index (κ1) is 12.1. The summed E-state index contributed by atoms with van der Waals surface area (Å²) in [5.74, 6) is -1.40. The third kappa shape index (κ3) is 2.06. The van der Waals surface area contributed by atoms with Gasteiger partial charge in [-0.25, -0.2) is 8.78 Å². The first-order valence-electron chi connectivity index (χ1n) is 5.46. The van der Waals surface area contributed by atoms with E-state index in [1.807, 2.05) is 11.6 Å². The van der Waals surface area contributed by atoms with Crippen LogP contribution in [0.4, 0.5) is 8.78 Å². The number of aromatic nitrogens is 2. The minimum atomic E-state index is -0.965. The molecule has 0 fully saturated rings. The number of hydrogen-bond donors (Lipinski definition) is 1. The number of fused-ring (bicyclic) bond motifs is 1. The highest BCUT2D eigenvalue weighted by atomic mass is 32.1. The number of halogens is 2. The maximum absolute atomic E-state index is 13.1. The molecule has 3 rings (SSSR count). The Labute approximate surface area is 111 Å². The fourth-order valence-electron chi connectivity index (χ4n) is 1.73. The summed E-state index contributed by atoms with van der Waals surface area (Å²) in [6.45, 7) is 0.233. The Kier molecular flexibility index (Phi) is 2.92. The van der Waals surface area contributed by atoms with Crippen molar-refractivity contribution in [1.29, 1.82) is 0 Å². The topological polar surface area (TPSA) is 52.5 Å². The molecule has 0 saturated heterocycles. The number of ether oxygens (including phenoxy) is 1. The molecule has 0 saturated carbocycles. The predicted octanol–water partition coefficient (Wildman–Crippen LogP) is 2.93. The number of rotatable bonds is 3. The third-order valence-electron chi connectivity index (χ3n) is 2.62. The van der Waals surface area contributed by atoms with Crippen molar-refractivity contribution < 1.29 is 13.5 Å². The molecule has 0 atom stereocenters. The molecule has 0 radical (unpaired) electrons. The van der Waals surface area contributed by atoms with Crippen molar-refractivity contribution in [3.8, 4) is 11.6 Å². The molecule has 19 heavy (non-hydrogen) atoms. The van der Waals surface area contributed by atoms with Crippen LogP contribution in [0.25, 0.3) is 4.96 Å². The van der Waals surface area contributed by atoms with E-state index in [9.17, 15) is 8.78 Å². The Morgan fingerprint density at radius 2 is 2.16 bits per heavy atom. The summed E-state index contributed by atoms with van der Waals surface area (Å²) < 4.78 is 33.2. The highest BCUT2D eigenvalue weighted by molar-refractivity contribution is 7.15. The molecule has 0 aliphatic heterocycles. The van der Waals surface area contributed by atoms with E-state index >= 15 is 0 Å². The average molecular weight is 281 g/mol. The van der Waals surface area contributed by atoms with Gasteiger partial charge in [0.05, 0.1) is 0 Å². The van der Waals surface area contributed by atoms with Crippen molar-refractivity contribution in [2.24, 2.45) is 5.73 Å². The summed E-state index contributed by atoms with van der Waals surface area (Å²) in [4.78, 5) is 4.99. The maximum Gasteiger partial charge on any atom is 0.243 e. The van der Waals surface area contributed by atoms with E-state index in [2.05, 4.69) is 4.98 Å². The lowest BCUT2D eigenvalue weighted by Crippen LogP contribution is -2.01. The molecule has 2 heterocycles. The van der Waals surface area contributed by atoms with Crippen LogP contribution in [0.3, 0.4) is 0 Å². The van der Waals surface area contributed by atoms with Gasteiger partial charge in [0.2, 0.25) is 5.88 Å². The lowest BCUT2D eigenvalue weighted by atomic mass is 10.3. The monoisotopic (exact) mass is 281 g/mol. The van der Waals surface area contributed by atoms with E-state index in [0.29, 0.717) is 11.6 Å². The van der Waals surface area contributed by atoms with Crippen molar-refractivity contribution in [3.63, 3.8) is 0 Å². The van der Waals surface area contributed by atoms with Gasteiger partial charge in [0.25, 0.3) is 0 Å². The molecule has 0 amide bonds. The standard InChI is InChI=1S/C12H9F2N3OS/c13-8-2-1-7(5-9(8)14)18-11-10(6-15)17-3-4-19-12(17)16-11/h1-5H,6,15H2. The zero-order chi connectivity index (χ0) is 13.4. The second-order valence-electron chi connectivity index (χ2n) is 3.80. The molecule has 7 heteroatoms. The van der Waals surface area contributed by atoms with E-state index in [1.54, 1.807) is 4.40 Å². The molecule has 0 unspecified atom stereocenters. The largest absolute Gasteiger partial charge is 0.437 e. The smallest absolute Gasteiger partial charge is 0.243 e. The second kappa shape index (κ2) is 4.60. The van der Waals surface area contributed by atoms with Crippen molar-refractivity contribution >= 4 is 16.3 Å². The van der Waals surface area contributed by atoms with Crippen molar-refractivity contribution in [3.05, 3.63) is 47.1 Å². The third-order valence-corrected chi connectivity index (χ3v) is 3.38. The van der Waals surface area contributed by atoms with Crippen molar-refractivity contribution in [2.75, 3.05) is 0 Å². The van der Waals surface area contributed by atoms with Crippen LogP contribution in [0.5, 0.6) is 11.6 Å². The Morgan fingerprint density at radius 3 is 2.89 bits per heavy atom. The van der Waals surface area contributed by atoms with Gasteiger partial charge in [-0.3, -0.25) is 4.40 Å². The second-order valence-corrected chi connectivity index (χ2v) is 4.67. The molecule has 0 aliphatic carbocycles. The average Bonchev–Trinajstić information content (AvgIpc) is 2.94.